The summed E-state index contributed by atoms with van der Waals surface area (Å²) in [4.78, 5) is 16.6. The average molecular weight is 368 g/mol. The zero-order chi connectivity index (χ0) is 19.6. The lowest BCUT2D eigenvalue weighted by Gasteiger charge is -2.20. The molecule has 0 bridgehead atoms. The SMILES string of the molecule is COc1ccc(Cn2ncc3cc(NC(=O)OC(C)(C)C)c(C)nc32)cc1. The fourth-order valence-corrected chi connectivity index (χ4v) is 2.66. The Balaban J connectivity index is 1.82. The predicted octanol–water partition coefficient (Wildman–Crippen LogP) is 4.14. The number of benzene rings is 1. The number of anilines is 1. The van der Waals surface area contributed by atoms with Crippen LogP contribution in [0.1, 0.15) is 32.0 Å². The first-order valence-electron chi connectivity index (χ1n) is 8.71. The molecular weight excluding hydrogens is 344 g/mol. The molecule has 3 aromatic rings. The average Bonchev–Trinajstić information content (AvgIpc) is 2.96. The van der Waals surface area contributed by atoms with Crippen molar-refractivity contribution < 1.29 is 14.3 Å². The fraction of sp³-hybridized carbons (Fsp3) is 0.350. The molecule has 0 fully saturated rings. The van der Waals surface area contributed by atoms with Crippen molar-refractivity contribution in [3.05, 3.63) is 47.8 Å². The van der Waals surface area contributed by atoms with Gasteiger partial charge >= 0.3 is 6.09 Å². The number of amides is 1. The van der Waals surface area contributed by atoms with Gasteiger partial charge < -0.3 is 9.47 Å². The van der Waals surface area contributed by atoms with Crippen molar-refractivity contribution in [3.8, 4) is 5.75 Å². The second kappa shape index (κ2) is 7.26. The molecule has 0 aliphatic heterocycles. The molecule has 2 aromatic heterocycles. The number of fused-ring (bicyclic) bond motifs is 1. The Labute approximate surface area is 158 Å². The van der Waals surface area contributed by atoms with Crippen LogP contribution in [0.5, 0.6) is 5.75 Å². The summed E-state index contributed by atoms with van der Waals surface area (Å²) in [5, 5.41) is 8.04. The van der Waals surface area contributed by atoms with Crippen molar-refractivity contribution in [2.45, 2.75) is 39.8 Å². The summed E-state index contributed by atoms with van der Waals surface area (Å²) in [5.41, 5.74) is 2.61. The van der Waals surface area contributed by atoms with E-state index >= 15 is 0 Å². The Morgan fingerprint density at radius 2 is 1.93 bits per heavy atom. The van der Waals surface area contributed by atoms with Crippen LogP contribution in [0.25, 0.3) is 11.0 Å². The van der Waals surface area contributed by atoms with Gasteiger partial charge in [-0.1, -0.05) is 12.1 Å². The van der Waals surface area contributed by atoms with Gasteiger partial charge in [-0.3, -0.25) is 5.32 Å². The molecule has 0 unspecified atom stereocenters. The Morgan fingerprint density at radius 1 is 1.22 bits per heavy atom. The fourth-order valence-electron chi connectivity index (χ4n) is 2.66. The summed E-state index contributed by atoms with van der Waals surface area (Å²) in [6.45, 7) is 7.91. The molecule has 0 saturated heterocycles. The lowest BCUT2D eigenvalue weighted by atomic mass is 10.2. The molecule has 0 atom stereocenters. The van der Waals surface area contributed by atoms with Crippen LogP contribution in [0.4, 0.5) is 10.5 Å². The van der Waals surface area contributed by atoms with Crippen LogP contribution in [0.3, 0.4) is 0 Å². The number of methoxy groups -OCH3 is 1. The second-order valence-electron chi connectivity index (χ2n) is 7.31. The summed E-state index contributed by atoms with van der Waals surface area (Å²) in [7, 11) is 1.64. The first kappa shape index (κ1) is 18.7. The first-order valence-corrected chi connectivity index (χ1v) is 8.71. The molecule has 0 aliphatic carbocycles. The van der Waals surface area contributed by atoms with Crippen molar-refractivity contribution in [1.29, 1.82) is 0 Å². The molecule has 1 aromatic carbocycles. The molecule has 7 heteroatoms. The van der Waals surface area contributed by atoms with E-state index in [4.69, 9.17) is 9.47 Å². The number of pyridine rings is 1. The smallest absolute Gasteiger partial charge is 0.412 e. The van der Waals surface area contributed by atoms with Gasteiger partial charge in [-0.05, 0) is 51.5 Å². The molecule has 2 heterocycles. The van der Waals surface area contributed by atoms with Gasteiger partial charge in [0.1, 0.15) is 11.4 Å². The monoisotopic (exact) mass is 368 g/mol. The van der Waals surface area contributed by atoms with Gasteiger partial charge in [0.15, 0.2) is 5.65 Å². The van der Waals surface area contributed by atoms with Crippen molar-refractivity contribution >= 4 is 22.8 Å². The molecule has 7 nitrogen and oxygen atoms in total. The van der Waals surface area contributed by atoms with Crippen molar-refractivity contribution in [1.82, 2.24) is 14.8 Å². The zero-order valence-corrected chi connectivity index (χ0v) is 16.2. The Kier molecular flexibility index (Phi) is 5.03. The maximum absolute atomic E-state index is 12.0. The topological polar surface area (TPSA) is 78.3 Å². The molecule has 27 heavy (non-hydrogen) atoms. The van der Waals surface area contributed by atoms with Crippen LogP contribution in [-0.4, -0.2) is 33.6 Å². The van der Waals surface area contributed by atoms with E-state index in [0.29, 0.717) is 17.9 Å². The van der Waals surface area contributed by atoms with Gasteiger partial charge in [0.25, 0.3) is 0 Å². The second-order valence-corrected chi connectivity index (χ2v) is 7.31. The molecule has 0 aliphatic rings. The Morgan fingerprint density at radius 3 is 2.56 bits per heavy atom. The minimum Gasteiger partial charge on any atom is -0.497 e. The molecule has 1 N–H and O–H groups in total. The lowest BCUT2D eigenvalue weighted by Crippen LogP contribution is -2.27. The standard InChI is InChI=1S/C20H24N4O3/c1-13-17(23-19(25)27-20(2,3)4)10-15-11-21-24(18(15)22-13)12-14-6-8-16(26-5)9-7-14/h6-11H,12H2,1-5H3,(H,23,25). The highest BCUT2D eigenvalue weighted by molar-refractivity contribution is 5.89. The molecule has 0 spiro atoms. The summed E-state index contributed by atoms with van der Waals surface area (Å²) < 4.78 is 12.3. The third kappa shape index (κ3) is 4.55. The number of hydrogen-bond donors (Lipinski definition) is 1. The zero-order valence-electron chi connectivity index (χ0n) is 16.2. The molecular formula is C20H24N4O3. The summed E-state index contributed by atoms with van der Waals surface area (Å²) >= 11 is 0. The van der Waals surface area contributed by atoms with Crippen LogP contribution in [0.15, 0.2) is 36.5 Å². The maximum Gasteiger partial charge on any atom is 0.412 e. The molecule has 0 saturated carbocycles. The van der Waals surface area contributed by atoms with Gasteiger partial charge in [0.05, 0.1) is 31.2 Å². The number of ether oxygens (including phenoxy) is 2. The van der Waals surface area contributed by atoms with Crippen LogP contribution in [0, 0.1) is 6.92 Å². The van der Waals surface area contributed by atoms with Gasteiger partial charge in [-0.2, -0.15) is 5.10 Å². The molecule has 0 radical (unpaired) electrons. The highest BCUT2D eigenvalue weighted by atomic mass is 16.6. The van der Waals surface area contributed by atoms with Crippen molar-refractivity contribution in [2.24, 2.45) is 0 Å². The number of aryl methyl sites for hydroxylation is 1. The van der Waals surface area contributed by atoms with Crippen molar-refractivity contribution in [3.63, 3.8) is 0 Å². The third-order valence-corrected chi connectivity index (χ3v) is 3.93. The molecule has 1 amide bonds. The number of aromatic nitrogens is 3. The number of carbonyl (C=O) groups is 1. The third-order valence-electron chi connectivity index (χ3n) is 3.93. The van der Waals surface area contributed by atoms with E-state index in [1.807, 2.05) is 62.7 Å². The quantitative estimate of drug-likeness (QED) is 0.749. The van der Waals surface area contributed by atoms with Crippen LogP contribution in [-0.2, 0) is 11.3 Å². The summed E-state index contributed by atoms with van der Waals surface area (Å²) in [5.74, 6) is 0.816. The maximum atomic E-state index is 12.0. The van der Waals surface area contributed by atoms with E-state index in [0.717, 1.165) is 22.3 Å². The highest BCUT2D eigenvalue weighted by Crippen LogP contribution is 2.22. The minimum atomic E-state index is -0.557. The van der Waals surface area contributed by atoms with Gasteiger partial charge in [-0.25, -0.2) is 14.5 Å². The van der Waals surface area contributed by atoms with Gasteiger partial charge in [-0.15, -0.1) is 0 Å². The van der Waals surface area contributed by atoms with Gasteiger partial charge in [0, 0.05) is 5.39 Å². The first-order chi connectivity index (χ1) is 12.7. The summed E-state index contributed by atoms with van der Waals surface area (Å²) in [6, 6.07) is 9.69. The van der Waals surface area contributed by atoms with E-state index in [2.05, 4.69) is 15.4 Å². The predicted molar refractivity (Wildman–Crippen MR) is 104 cm³/mol. The van der Waals surface area contributed by atoms with Crippen LogP contribution < -0.4 is 10.1 Å². The lowest BCUT2D eigenvalue weighted by molar-refractivity contribution is 0.0635. The minimum absolute atomic E-state index is 0.502. The number of rotatable bonds is 4. The van der Waals surface area contributed by atoms with E-state index < -0.39 is 11.7 Å². The van der Waals surface area contributed by atoms with Crippen LogP contribution >= 0.6 is 0 Å². The van der Waals surface area contributed by atoms with Crippen molar-refractivity contribution in [2.75, 3.05) is 12.4 Å². The van der Waals surface area contributed by atoms with Gasteiger partial charge in [0.2, 0.25) is 0 Å². The van der Waals surface area contributed by atoms with Crippen LogP contribution in [0.2, 0.25) is 0 Å². The number of hydrogen-bond acceptors (Lipinski definition) is 5. The normalized spacial score (nSPS) is 11.4. The largest absolute Gasteiger partial charge is 0.497 e. The summed E-state index contributed by atoms with van der Waals surface area (Å²) in [6.07, 6.45) is 1.24. The molecule has 142 valence electrons. The highest BCUT2D eigenvalue weighted by Gasteiger charge is 2.18. The van der Waals surface area contributed by atoms with E-state index in [1.54, 1.807) is 13.3 Å². The van der Waals surface area contributed by atoms with E-state index in [1.165, 1.54) is 0 Å². The van der Waals surface area contributed by atoms with E-state index in [-0.39, 0.29) is 0 Å². The van der Waals surface area contributed by atoms with E-state index in [9.17, 15) is 4.79 Å². The Hall–Kier alpha value is -3.09. The number of nitrogens with one attached hydrogen (secondary N) is 1. The number of nitrogens with zero attached hydrogens (tertiary/aromatic N) is 3. The molecule has 3 rings (SSSR count). The Bertz CT molecular complexity index is 956. The number of carbonyl (C=O) groups excluding carboxylic acids is 1.